The van der Waals surface area contributed by atoms with Crippen LogP contribution in [0, 0.1) is 0 Å². The summed E-state index contributed by atoms with van der Waals surface area (Å²) in [7, 11) is 2.06. The number of likely N-dealkylation sites (N-methyl/N-ethyl adjacent to an activating group) is 1. The van der Waals surface area contributed by atoms with Gasteiger partial charge in [0.05, 0.1) is 17.1 Å². The van der Waals surface area contributed by atoms with Gasteiger partial charge in [0, 0.05) is 24.7 Å². The van der Waals surface area contributed by atoms with Crippen LogP contribution in [0.5, 0.6) is 0 Å². The Hall–Kier alpha value is -2.21. The van der Waals surface area contributed by atoms with Gasteiger partial charge in [-0.25, -0.2) is 14.8 Å². The predicted molar refractivity (Wildman–Crippen MR) is 71.4 cm³/mol. The number of hydrogen-bond donors (Lipinski definition) is 2. The lowest BCUT2D eigenvalue weighted by Crippen LogP contribution is -2.52. The van der Waals surface area contributed by atoms with Crippen molar-refractivity contribution in [2.24, 2.45) is 0 Å². The van der Waals surface area contributed by atoms with Crippen LogP contribution in [0.15, 0.2) is 24.4 Å². The highest BCUT2D eigenvalue weighted by Gasteiger charge is 2.23. The van der Waals surface area contributed by atoms with Crippen molar-refractivity contribution in [3.63, 3.8) is 0 Å². The van der Waals surface area contributed by atoms with E-state index >= 15 is 0 Å². The first-order valence-electron chi connectivity index (χ1n) is 6.07. The largest absolute Gasteiger partial charge is 0.478 e. The van der Waals surface area contributed by atoms with Crippen LogP contribution >= 0.6 is 0 Å². The van der Waals surface area contributed by atoms with Crippen LogP contribution in [0.1, 0.15) is 10.4 Å². The minimum Gasteiger partial charge on any atom is -0.478 e. The first-order chi connectivity index (χ1) is 9.11. The third-order valence-electron chi connectivity index (χ3n) is 3.22. The molecule has 19 heavy (non-hydrogen) atoms. The summed E-state index contributed by atoms with van der Waals surface area (Å²) in [4.78, 5) is 21.7. The van der Waals surface area contributed by atoms with E-state index in [9.17, 15) is 4.79 Å². The van der Waals surface area contributed by atoms with E-state index in [0.717, 1.165) is 24.0 Å². The molecule has 98 valence electrons. The Morgan fingerprint density at radius 3 is 2.95 bits per heavy atom. The van der Waals surface area contributed by atoms with E-state index in [4.69, 9.17) is 5.11 Å². The summed E-state index contributed by atoms with van der Waals surface area (Å²) < 4.78 is 0. The zero-order valence-electron chi connectivity index (χ0n) is 10.5. The molecule has 1 saturated heterocycles. The lowest BCUT2D eigenvalue weighted by atomic mass is 10.1. The first-order valence-corrected chi connectivity index (χ1v) is 6.07. The lowest BCUT2D eigenvalue weighted by molar-refractivity contribution is 0.0697. The lowest BCUT2D eigenvalue weighted by Gasteiger charge is -2.36. The number of carbonyl (C=O) groups is 1. The second kappa shape index (κ2) is 4.47. The summed E-state index contributed by atoms with van der Waals surface area (Å²) >= 11 is 0. The van der Waals surface area contributed by atoms with Gasteiger partial charge in [0.1, 0.15) is 0 Å². The molecule has 3 rings (SSSR count). The third kappa shape index (κ3) is 2.34. The van der Waals surface area contributed by atoms with E-state index in [-0.39, 0.29) is 5.56 Å². The van der Waals surface area contributed by atoms with Crippen LogP contribution < -0.4 is 5.32 Å². The molecule has 0 bridgehead atoms. The van der Waals surface area contributed by atoms with Crippen molar-refractivity contribution in [3.05, 3.63) is 30.0 Å². The summed E-state index contributed by atoms with van der Waals surface area (Å²) in [6.07, 6.45) is 1.65. The molecule has 6 nitrogen and oxygen atoms in total. The van der Waals surface area contributed by atoms with Crippen molar-refractivity contribution in [1.29, 1.82) is 0 Å². The van der Waals surface area contributed by atoms with Crippen LogP contribution in [0.4, 0.5) is 5.95 Å². The molecule has 2 N–H and O–H groups in total. The zero-order valence-corrected chi connectivity index (χ0v) is 10.5. The summed E-state index contributed by atoms with van der Waals surface area (Å²) in [5, 5.41) is 12.9. The van der Waals surface area contributed by atoms with Crippen molar-refractivity contribution in [2.45, 2.75) is 6.04 Å². The molecule has 6 heteroatoms. The molecule has 0 spiro atoms. The van der Waals surface area contributed by atoms with Crippen LogP contribution in [0.3, 0.4) is 0 Å². The third-order valence-corrected chi connectivity index (χ3v) is 3.22. The van der Waals surface area contributed by atoms with Gasteiger partial charge >= 0.3 is 5.97 Å². The number of nitrogens with zero attached hydrogens (tertiary/aromatic N) is 3. The van der Waals surface area contributed by atoms with Gasteiger partial charge in [-0.3, -0.25) is 0 Å². The highest BCUT2D eigenvalue weighted by Crippen LogP contribution is 2.16. The molecule has 1 aromatic heterocycles. The van der Waals surface area contributed by atoms with E-state index in [1.54, 1.807) is 24.4 Å². The number of aromatic nitrogens is 2. The number of nitrogens with one attached hydrogen (secondary N) is 1. The quantitative estimate of drug-likeness (QED) is 0.857. The molecule has 1 aliphatic heterocycles. The second-order valence-corrected chi connectivity index (χ2v) is 4.83. The van der Waals surface area contributed by atoms with Gasteiger partial charge < -0.3 is 15.3 Å². The number of carboxylic acid groups (broad SMARTS) is 1. The minimum atomic E-state index is -0.943. The summed E-state index contributed by atoms with van der Waals surface area (Å²) in [5.74, 6) is -0.352. The number of benzene rings is 1. The van der Waals surface area contributed by atoms with E-state index in [0.29, 0.717) is 12.0 Å². The number of fused-ring (bicyclic) bond motifs is 1. The number of carboxylic acids is 1. The van der Waals surface area contributed by atoms with Gasteiger partial charge in [0.2, 0.25) is 5.95 Å². The molecule has 0 amide bonds. The van der Waals surface area contributed by atoms with Crippen LogP contribution in [-0.2, 0) is 0 Å². The summed E-state index contributed by atoms with van der Waals surface area (Å²) in [6.45, 7) is 1.97. The number of likely N-dealkylation sites (tertiary alicyclic amines) is 1. The smallest absolute Gasteiger partial charge is 0.335 e. The van der Waals surface area contributed by atoms with E-state index < -0.39 is 5.97 Å². The van der Waals surface area contributed by atoms with E-state index in [1.165, 1.54) is 0 Å². The Bertz CT molecular complexity index is 638. The predicted octanol–water partition coefficient (Wildman–Crippen LogP) is 1.05. The molecule has 1 aliphatic rings. The number of rotatable bonds is 3. The number of aromatic carboxylic acids is 1. The average molecular weight is 258 g/mol. The molecule has 0 unspecified atom stereocenters. The maximum Gasteiger partial charge on any atom is 0.335 e. The Morgan fingerprint density at radius 2 is 2.26 bits per heavy atom. The Labute approximate surface area is 110 Å². The van der Waals surface area contributed by atoms with Crippen molar-refractivity contribution in [3.8, 4) is 0 Å². The van der Waals surface area contributed by atoms with E-state index in [2.05, 4.69) is 27.2 Å². The maximum absolute atomic E-state index is 10.9. The summed E-state index contributed by atoms with van der Waals surface area (Å²) in [5.41, 5.74) is 0.993. The van der Waals surface area contributed by atoms with Gasteiger partial charge in [-0.2, -0.15) is 0 Å². The second-order valence-electron chi connectivity index (χ2n) is 4.83. The topological polar surface area (TPSA) is 78.4 Å². The van der Waals surface area contributed by atoms with E-state index in [1.807, 2.05) is 0 Å². The highest BCUT2D eigenvalue weighted by atomic mass is 16.4. The van der Waals surface area contributed by atoms with Gasteiger partial charge in [-0.1, -0.05) is 0 Å². The molecule has 1 fully saturated rings. The molecule has 2 aromatic rings. The fraction of sp³-hybridized carbons (Fsp3) is 0.308. The molecular formula is C13H14N4O2. The standard InChI is InChI=1S/C13H14N4O2/c1-17-6-10(7-17)15-13-14-5-9-4-8(12(18)19)2-3-11(9)16-13/h2-5,10H,6-7H2,1H3,(H,18,19)(H,14,15,16). The SMILES string of the molecule is CN1CC(Nc2ncc3cc(C(=O)O)ccc3n2)C1. The molecule has 0 atom stereocenters. The van der Waals surface area contributed by atoms with Crippen molar-refractivity contribution in [1.82, 2.24) is 14.9 Å². The molecule has 0 saturated carbocycles. The van der Waals surface area contributed by atoms with Crippen LogP contribution in [0.2, 0.25) is 0 Å². The fourth-order valence-corrected chi connectivity index (χ4v) is 2.21. The average Bonchev–Trinajstić information content (AvgIpc) is 2.36. The van der Waals surface area contributed by atoms with Crippen molar-refractivity contribution >= 4 is 22.8 Å². The van der Waals surface area contributed by atoms with Crippen LogP contribution in [-0.4, -0.2) is 52.1 Å². The van der Waals surface area contributed by atoms with Gasteiger partial charge in [0.15, 0.2) is 0 Å². The van der Waals surface area contributed by atoms with Crippen molar-refractivity contribution in [2.75, 3.05) is 25.5 Å². The van der Waals surface area contributed by atoms with Gasteiger partial charge in [-0.15, -0.1) is 0 Å². The van der Waals surface area contributed by atoms with Gasteiger partial charge in [0.25, 0.3) is 0 Å². The Balaban J connectivity index is 1.85. The normalized spacial score (nSPS) is 16.3. The Kier molecular flexibility index (Phi) is 2.79. The highest BCUT2D eigenvalue weighted by molar-refractivity contribution is 5.93. The minimum absolute atomic E-state index is 0.248. The van der Waals surface area contributed by atoms with Crippen LogP contribution in [0.25, 0.3) is 10.9 Å². The summed E-state index contributed by atoms with van der Waals surface area (Å²) in [6, 6.07) is 5.23. The molecule has 2 heterocycles. The molecular weight excluding hydrogens is 244 g/mol. The van der Waals surface area contributed by atoms with Crippen molar-refractivity contribution < 1.29 is 9.90 Å². The fourth-order valence-electron chi connectivity index (χ4n) is 2.21. The molecule has 1 aromatic carbocycles. The first kappa shape index (κ1) is 11.9. The maximum atomic E-state index is 10.9. The Morgan fingerprint density at radius 1 is 1.47 bits per heavy atom. The van der Waals surface area contributed by atoms with Gasteiger partial charge in [-0.05, 0) is 25.2 Å². The zero-order chi connectivity index (χ0) is 13.4. The monoisotopic (exact) mass is 258 g/mol. The number of anilines is 1. The molecule has 0 aliphatic carbocycles. The molecule has 0 radical (unpaired) electrons. The number of hydrogen-bond acceptors (Lipinski definition) is 5.